The van der Waals surface area contributed by atoms with Crippen LogP contribution in [0.15, 0.2) is 33.7 Å². The van der Waals surface area contributed by atoms with Gasteiger partial charge in [0.2, 0.25) is 10.0 Å². The fourth-order valence-corrected chi connectivity index (χ4v) is 4.73. The van der Waals surface area contributed by atoms with Crippen LogP contribution in [0.4, 0.5) is 0 Å². The summed E-state index contributed by atoms with van der Waals surface area (Å²) in [6.45, 7) is 4.21. The van der Waals surface area contributed by atoms with Crippen molar-refractivity contribution in [1.82, 2.24) is 14.4 Å². The van der Waals surface area contributed by atoms with Gasteiger partial charge in [0.25, 0.3) is 5.89 Å². The molecule has 0 amide bonds. The van der Waals surface area contributed by atoms with E-state index in [2.05, 4.69) is 10.1 Å². The molecule has 1 unspecified atom stereocenters. The number of hydrogen-bond donors (Lipinski definition) is 0. The Morgan fingerprint density at radius 1 is 1.30 bits per heavy atom. The van der Waals surface area contributed by atoms with E-state index in [-0.39, 0.29) is 29.0 Å². The fourth-order valence-electron chi connectivity index (χ4n) is 3.03. The summed E-state index contributed by atoms with van der Waals surface area (Å²) in [7, 11) is -3.56. The van der Waals surface area contributed by atoms with Crippen molar-refractivity contribution in [2.75, 3.05) is 6.54 Å². The number of piperidine rings is 1. The number of aryl methyl sites for hydroxylation is 1. The molecule has 1 atom stereocenters. The van der Waals surface area contributed by atoms with Crippen LogP contribution in [0.3, 0.4) is 0 Å². The maximum absolute atomic E-state index is 12.8. The Morgan fingerprint density at radius 2 is 2.04 bits per heavy atom. The third-order valence-corrected chi connectivity index (χ3v) is 6.62. The Labute approximate surface area is 158 Å². The smallest absolute Gasteiger partial charge is 0.338 e. The molecule has 8 nitrogen and oxygen atoms in total. The molecule has 0 radical (unpaired) electrons. The predicted octanol–water partition coefficient (Wildman–Crippen LogP) is 2.55. The van der Waals surface area contributed by atoms with Crippen molar-refractivity contribution in [2.45, 2.75) is 57.1 Å². The summed E-state index contributed by atoms with van der Waals surface area (Å²) in [4.78, 5) is 16.4. The second-order valence-corrected chi connectivity index (χ2v) is 8.41. The summed E-state index contributed by atoms with van der Waals surface area (Å²) in [5.74, 6) is 0.183. The van der Waals surface area contributed by atoms with Crippen molar-refractivity contribution in [3.05, 3.63) is 41.5 Å². The zero-order valence-electron chi connectivity index (χ0n) is 15.4. The minimum absolute atomic E-state index is 0.0178. The number of rotatable bonds is 6. The summed E-state index contributed by atoms with van der Waals surface area (Å²) in [5, 5.41) is 3.73. The van der Waals surface area contributed by atoms with E-state index in [0.29, 0.717) is 18.8 Å². The number of hydrogen-bond acceptors (Lipinski definition) is 7. The molecule has 1 aliphatic rings. The minimum atomic E-state index is -3.56. The van der Waals surface area contributed by atoms with E-state index in [1.807, 2.05) is 13.8 Å². The second-order valence-electron chi connectivity index (χ2n) is 6.52. The normalized spacial score (nSPS) is 18.4. The monoisotopic (exact) mass is 393 g/mol. The van der Waals surface area contributed by atoms with Gasteiger partial charge in [0.1, 0.15) is 0 Å². The molecular formula is C18H23N3O5S. The zero-order chi connectivity index (χ0) is 19.4. The molecule has 1 aromatic carbocycles. The van der Waals surface area contributed by atoms with Crippen LogP contribution in [0.1, 0.15) is 55.2 Å². The largest absolute Gasteiger partial charge is 0.452 e. The van der Waals surface area contributed by atoms with Crippen molar-refractivity contribution in [1.29, 1.82) is 0 Å². The molecule has 0 N–H and O–H groups in total. The highest BCUT2D eigenvalue weighted by Gasteiger charge is 2.30. The fraction of sp³-hybridized carbons (Fsp3) is 0.500. The average molecular weight is 393 g/mol. The Bertz CT molecular complexity index is 892. The van der Waals surface area contributed by atoms with Crippen molar-refractivity contribution in [2.24, 2.45) is 0 Å². The molecule has 1 fully saturated rings. The van der Waals surface area contributed by atoms with Gasteiger partial charge < -0.3 is 9.26 Å². The molecule has 0 spiro atoms. The lowest BCUT2D eigenvalue weighted by Gasteiger charge is -2.32. The molecule has 0 bridgehead atoms. The number of aromatic nitrogens is 2. The first kappa shape index (κ1) is 19.5. The molecule has 1 saturated heterocycles. The van der Waals surface area contributed by atoms with Gasteiger partial charge in [-0.05, 0) is 44.0 Å². The van der Waals surface area contributed by atoms with E-state index in [1.165, 1.54) is 28.6 Å². The highest BCUT2D eigenvalue weighted by Crippen LogP contribution is 2.25. The number of carbonyl (C=O) groups excluding carboxylic acids is 1. The van der Waals surface area contributed by atoms with Gasteiger partial charge in [0, 0.05) is 19.0 Å². The van der Waals surface area contributed by atoms with Gasteiger partial charge in [-0.1, -0.05) is 18.5 Å². The van der Waals surface area contributed by atoms with Gasteiger partial charge in [0.15, 0.2) is 12.4 Å². The Morgan fingerprint density at radius 3 is 2.67 bits per heavy atom. The molecule has 146 valence electrons. The summed E-state index contributed by atoms with van der Waals surface area (Å²) in [6.07, 6.45) is 3.39. The molecular weight excluding hydrogens is 370 g/mol. The van der Waals surface area contributed by atoms with Gasteiger partial charge in [-0.2, -0.15) is 9.29 Å². The third-order valence-electron chi connectivity index (χ3n) is 4.59. The van der Waals surface area contributed by atoms with Gasteiger partial charge >= 0.3 is 5.97 Å². The van der Waals surface area contributed by atoms with Crippen LogP contribution in [-0.2, 0) is 27.8 Å². The van der Waals surface area contributed by atoms with Gasteiger partial charge in [0.05, 0.1) is 10.5 Å². The van der Waals surface area contributed by atoms with Crippen LogP contribution in [0.5, 0.6) is 0 Å². The predicted molar refractivity (Wildman–Crippen MR) is 96.4 cm³/mol. The van der Waals surface area contributed by atoms with Crippen LogP contribution in [0.25, 0.3) is 0 Å². The minimum Gasteiger partial charge on any atom is -0.452 e. The van der Waals surface area contributed by atoms with Crippen LogP contribution in [-0.4, -0.2) is 41.4 Å². The quantitative estimate of drug-likeness (QED) is 0.695. The van der Waals surface area contributed by atoms with E-state index in [0.717, 1.165) is 19.3 Å². The number of carbonyl (C=O) groups is 1. The summed E-state index contributed by atoms with van der Waals surface area (Å²) >= 11 is 0. The van der Waals surface area contributed by atoms with Crippen LogP contribution < -0.4 is 0 Å². The SMILES string of the molecule is CCc1noc(COC(=O)c2ccc(S(=O)(=O)N3CCCCC3C)cc2)n1. The lowest BCUT2D eigenvalue weighted by Crippen LogP contribution is -2.41. The number of benzene rings is 1. The second kappa shape index (κ2) is 8.18. The van der Waals surface area contributed by atoms with E-state index >= 15 is 0 Å². The Hall–Kier alpha value is -2.26. The van der Waals surface area contributed by atoms with E-state index in [4.69, 9.17) is 9.26 Å². The van der Waals surface area contributed by atoms with Crippen LogP contribution in [0, 0.1) is 0 Å². The lowest BCUT2D eigenvalue weighted by molar-refractivity contribution is 0.0429. The van der Waals surface area contributed by atoms with Gasteiger partial charge in [-0.3, -0.25) is 0 Å². The molecule has 0 aliphatic carbocycles. The van der Waals surface area contributed by atoms with Crippen molar-refractivity contribution in [3.63, 3.8) is 0 Å². The maximum atomic E-state index is 12.8. The maximum Gasteiger partial charge on any atom is 0.338 e. The first-order valence-corrected chi connectivity index (χ1v) is 10.5. The van der Waals surface area contributed by atoms with Crippen LogP contribution in [0.2, 0.25) is 0 Å². The van der Waals surface area contributed by atoms with E-state index in [9.17, 15) is 13.2 Å². The lowest BCUT2D eigenvalue weighted by atomic mass is 10.1. The highest BCUT2D eigenvalue weighted by atomic mass is 32.2. The molecule has 1 aromatic heterocycles. The number of nitrogens with zero attached hydrogens (tertiary/aromatic N) is 3. The molecule has 3 rings (SSSR count). The van der Waals surface area contributed by atoms with E-state index < -0.39 is 16.0 Å². The van der Waals surface area contributed by atoms with Crippen molar-refractivity contribution in [3.8, 4) is 0 Å². The van der Waals surface area contributed by atoms with Gasteiger partial charge in [-0.15, -0.1) is 0 Å². The van der Waals surface area contributed by atoms with Crippen LogP contribution >= 0.6 is 0 Å². The number of esters is 1. The summed E-state index contributed by atoms with van der Waals surface area (Å²) < 4.78 is 37.2. The summed E-state index contributed by atoms with van der Waals surface area (Å²) in [5.41, 5.74) is 0.260. The molecule has 2 aromatic rings. The average Bonchev–Trinajstić information content (AvgIpc) is 3.14. The first-order chi connectivity index (χ1) is 12.9. The van der Waals surface area contributed by atoms with Crippen molar-refractivity contribution >= 4 is 16.0 Å². The first-order valence-electron chi connectivity index (χ1n) is 9.02. The number of sulfonamides is 1. The topological polar surface area (TPSA) is 103 Å². The van der Waals surface area contributed by atoms with E-state index in [1.54, 1.807) is 0 Å². The number of ether oxygens (including phenoxy) is 1. The standard InChI is InChI=1S/C18H23N3O5S/c1-3-16-19-17(26-20-16)12-25-18(22)14-7-9-15(10-8-14)27(23,24)21-11-5-4-6-13(21)2/h7-10,13H,3-6,11-12H2,1-2H3. The molecule has 1 aliphatic heterocycles. The molecule has 0 saturated carbocycles. The van der Waals surface area contributed by atoms with Gasteiger partial charge in [-0.25, -0.2) is 13.2 Å². The zero-order valence-corrected chi connectivity index (χ0v) is 16.2. The van der Waals surface area contributed by atoms with Crippen molar-refractivity contribution < 1.29 is 22.5 Å². The summed E-state index contributed by atoms with van der Waals surface area (Å²) in [6, 6.07) is 5.77. The molecule has 9 heteroatoms. The highest BCUT2D eigenvalue weighted by molar-refractivity contribution is 7.89. The third kappa shape index (κ3) is 4.36. The Kier molecular flexibility index (Phi) is 5.91. The molecule has 27 heavy (non-hydrogen) atoms. The Balaban J connectivity index is 1.66. The molecule has 2 heterocycles.